The Morgan fingerprint density at radius 3 is 1.69 bits per heavy atom. The molecule has 410 valence electrons. The number of alkyl carbamates (subject to hydrolysis) is 2. The molecule has 72 heavy (non-hydrogen) atoms. The zero-order chi connectivity index (χ0) is 54.0. The minimum Gasteiger partial charge on any atom is -0.444 e. The Bertz CT molecular complexity index is 1830. The summed E-state index contributed by atoms with van der Waals surface area (Å²) in [7, 11) is -0.470. The predicted molar refractivity (Wildman–Crippen MR) is 272 cm³/mol. The van der Waals surface area contributed by atoms with Crippen molar-refractivity contribution in [3.63, 3.8) is 0 Å². The molecule has 4 N–H and O–H groups in total. The van der Waals surface area contributed by atoms with Gasteiger partial charge in [-0.3, -0.25) is 14.4 Å². The average Bonchev–Trinajstić information content (AvgIpc) is 3.85. The molecule has 5 aliphatic rings. The number of nitrogens with one attached hydrogen (secondary N) is 4. The van der Waals surface area contributed by atoms with Gasteiger partial charge in [-0.1, -0.05) is 20.3 Å². The van der Waals surface area contributed by atoms with E-state index in [1.807, 2.05) is 4.90 Å². The Hall–Kier alpha value is -4.53. The summed E-state index contributed by atoms with van der Waals surface area (Å²) in [5.74, 6) is -0.530. The largest absolute Gasteiger partial charge is 0.481 e. The number of likely N-dealkylation sites (tertiary alicyclic amines) is 1. The molecule has 2 heterocycles. The molecule has 0 aromatic heterocycles. The van der Waals surface area contributed by atoms with Crippen LogP contribution in [-0.4, -0.2) is 163 Å². The Morgan fingerprint density at radius 1 is 0.667 bits per heavy atom. The standard InChI is InChI=1S/C51H90BN7O13/c1-46(2,3)67-42(63)54-23-26-57(44(65)69-48(7,8)9)32-34(33-58(45(66)70-49(10,11)12)27-24-55-43(64)68-47(4,5)6)28-40(61)53-22-18-16-17-21-39(60)56-31-41(62)59-25-19-20-38(59)52-71-37-30-35-29-36(50(35,13)14)51(37,15)72-52/h34-38H,16-33H2,1-15H3,(H,53,61)(H,54,63)(H,55,64)(H,56,60). The number of ether oxygens (including phenoxy) is 4. The van der Waals surface area contributed by atoms with Crippen LogP contribution in [0.15, 0.2) is 0 Å². The van der Waals surface area contributed by atoms with Gasteiger partial charge >= 0.3 is 31.5 Å². The molecule has 21 heteroatoms. The monoisotopic (exact) mass is 1020 g/mol. The summed E-state index contributed by atoms with van der Waals surface area (Å²) in [6.45, 7) is 28.2. The van der Waals surface area contributed by atoms with E-state index in [1.54, 1.807) is 83.1 Å². The van der Waals surface area contributed by atoms with Crippen molar-refractivity contribution >= 4 is 49.2 Å². The minimum absolute atomic E-state index is 0.000523. The lowest BCUT2D eigenvalue weighted by Crippen LogP contribution is -2.65. The molecule has 7 amide bonds. The second-order valence-corrected chi connectivity index (χ2v) is 24.9. The number of amides is 7. The summed E-state index contributed by atoms with van der Waals surface area (Å²) in [4.78, 5) is 96.9. The Kier molecular flexibility index (Phi) is 20.6. The molecule has 0 aromatic rings. The van der Waals surface area contributed by atoms with Crippen LogP contribution in [0.1, 0.15) is 162 Å². The molecule has 5 unspecified atom stereocenters. The van der Waals surface area contributed by atoms with Gasteiger partial charge in [0.05, 0.1) is 24.2 Å². The van der Waals surface area contributed by atoms with Crippen LogP contribution >= 0.6 is 0 Å². The quantitative estimate of drug-likeness (QED) is 0.0542. The molecule has 3 aliphatic carbocycles. The first kappa shape index (κ1) is 60.0. The zero-order valence-corrected chi connectivity index (χ0v) is 46.3. The van der Waals surface area contributed by atoms with E-state index in [0.29, 0.717) is 44.2 Å². The molecule has 5 atom stereocenters. The summed E-state index contributed by atoms with van der Waals surface area (Å²) in [5.41, 5.74) is -3.37. The van der Waals surface area contributed by atoms with Crippen molar-refractivity contribution < 1.29 is 61.8 Å². The molecule has 2 aliphatic heterocycles. The number of hydrogen-bond donors (Lipinski definition) is 4. The third-order valence-electron chi connectivity index (χ3n) is 13.6. The van der Waals surface area contributed by atoms with Crippen LogP contribution in [0, 0.1) is 23.2 Å². The molecule has 2 saturated heterocycles. The van der Waals surface area contributed by atoms with Crippen LogP contribution in [-0.2, 0) is 42.6 Å². The lowest BCUT2D eigenvalue weighted by molar-refractivity contribution is -0.199. The van der Waals surface area contributed by atoms with E-state index in [4.69, 9.17) is 28.3 Å². The molecule has 0 aromatic carbocycles. The third kappa shape index (κ3) is 18.8. The van der Waals surface area contributed by atoms with Gasteiger partial charge in [0.1, 0.15) is 22.4 Å². The van der Waals surface area contributed by atoms with Gasteiger partial charge in [-0.2, -0.15) is 0 Å². The SMILES string of the molecule is CC(C)(C)OC(=O)NCCN(CC(CC(=O)NCCCCCC(=O)NCC(=O)N1CCCC1B1OC2CC3CC(C3(C)C)C2(C)O1)CN(CCNC(=O)OC(C)(C)C)C(=O)OC(C)(C)C)C(=O)OC(C)(C)C. The van der Waals surface area contributed by atoms with Crippen molar-refractivity contribution in [3.8, 4) is 0 Å². The topological polar surface area (TPSA) is 233 Å². The number of nitrogens with zero attached hydrogens (tertiary/aromatic N) is 3. The van der Waals surface area contributed by atoms with E-state index in [0.717, 1.165) is 25.7 Å². The molecule has 5 fully saturated rings. The predicted octanol–water partition coefficient (Wildman–Crippen LogP) is 6.57. The van der Waals surface area contributed by atoms with Crippen molar-refractivity contribution in [1.29, 1.82) is 0 Å². The maximum absolute atomic E-state index is 13.7. The smallest absolute Gasteiger partial charge is 0.444 e. The highest BCUT2D eigenvalue weighted by Crippen LogP contribution is 2.66. The first-order chi connectivity index (χ1) is 33.2. The number of hydrogen-bond acceptors (Lipinski definition) is 13. The van der Waals surface area contributed by atoms with Crippen molar-refractivity contribution in [3.05, 3.63) is 0 Å². The fourth-order valence-electron chi connectivity index (χ4n) is 10.2. The Balaban J connectivity index is 1.32. The molecular weight excluding hydrogens is 929 g/mol. The van der Waals surface area contributed by atoms with E-state index < -0.39 is 59.8 Å². The van der Waals surface area contributed by atoms with Crippen molar-refractivity contribution in [1.82, 2.24) is 36.0 Å². The van der Waals surface area contributed by atoms with Crippen LogP contribution in [0.2, 0.25) is 0 Å². The van der Waals surface area contributed by atoms with E-state index in [-0.39, 0.29) is 99.4 Å². The van der Waals surface area contributed by atoms with Gasteiger partial charge in [0.25, 0.3) is 0 Å². The molecule has 2 bridgehead atoms. The first-order valence-corrected chi connectivity index (χ1v) is 26.2. The minimum atomic E-state index is -0.873. The van der Waals surface area contributed by atoms with Crippen molar-refractivity contribution in [2.24, 2.45) is 23.2 Å². The summed E-state index contributed by atoms with van der Waals surface area (Å²) >= 11 is 0. The van der Waals surface area contributed by atoms with Crippen molar-refractivity contribution in [2.75, 3.05) is 58.9 Å². The highest BCUT2D eigenvalue weighted by molar-refractivity contribution is 6.48. The summed E-state index contributed by atoms with van der Waals surface area (Å²) < 4.78 is 35.4. The zero-order valence-electron chi connectivity index (χ0n) is 46.3. The van der Waals surface area contributed by atoms with Crippen LogP contribution in [0.4, 0.5) is 19.2 Å². The summed E-state index contributed by atoms with van der Waals surface area (Å²) in [5, 5.41) is 11.1. The molecule has 20 nitrogen and oxygen atoms in total. The van der Waals surface area contributed by atoms with Crippen molar-refractivity contribution in [2.45, 2.75) is 202 Å². The third-order valence-corrected chi connectivity index (χ3v) is 13.6. The number of rotatable bonds is 21. The van der Waals surface area contributed by atoms with E-state index in [2.05, 4.69) is 42.0 Å². The molecule has 5 rings (SSSR count). The maximum atomic E-state index is 13.7. The van der Waals surface area contributed by atoms with Crippen LogP contribution in [0.5, 0.6) is 0 Å². The normalized spacial score (nSPS) is 22.5. The van der Waals surface area contributed by atoms with Gasteiger partial charge in [-0.15, -0.1) is 0 Å². The van der Waals surface area contributed by atoms with Gasteiger partial charge in [0.2, 0.25) is 17.7 Å². The summed E-state index contributed by atoms with van der Waals surface area (Å²) in [6, 6.07) is 0. The van der Waals surface area contributed by atoms with Crippen LogP contribution < -0.4 is 21.3 Å². The Labute approximate surface area is 429 Å². The second kappa shape index (κ2) is 24.7. The number of unbranched alkanes of at least 4 members (excludes halogenated alkanes) is 2. The van der Waals surface area contributed by atoms with Gasteiger partial charge in [-0.05, 0) is 146 Å². The summed E-state index contributed by atoms with van der Waals surface area (Å²) in [6.07, 6.45) is 2.91. The van der Waals surface area contributed by atoms with Gasteiger partial charge in [-0.25, -0.2) is 19.2 Å². The van der Waals surface area contributed by atoms with Crippen LogP contribution in [0.25, 0.3) is 0 Å². The molecule has 0 radical (unpaired) electrons. The fraction of sp³-hybridized carbons (Fsp3) is 0.863. The average molecular weight is 1020 g/mol. The highest BCUT2D eigenvalue weighted by Gasteiger charge is 2.69. The lowest BCUT2D eigenvalue weighted by Gasteiger charge is -2.64. The number of carbonyl (C=O) groups is 7. The number of carbonyl (C=O) groups excluding carboxylic acids is 7. The fourth-order valence-corrected chi connectivity index (χ4v) is 10.2. The molecule has 0 spiro atoms. The van der Waals surface area contributed by atoms with Gasteiger partial charge in [0.15, 0.2) is 0 Å². The first-order valence-electron chi connectivity index (χ1n) is 26.2. The molecule has 3 saturated carbocycles. The second-order valence-electron chi connectivity index (χ2n) is 24.9. The van der Waals surface area contributed by atoms with E-state index >= 15 is 0 Å². The maximum Gasteiger partial charge on any atom is 0.481 e. The van der Waals surface area contributed by atoms with Gasteiger partial charge in [0, 0.05) is 71.1 Å². The van der Waals surface area contributed by atoms with Gasteiger partial charge < -0.3 is 64.2 Å². The van der Waals surface area contributed by atoms with E-state index in [1.165, 1.54) is 9.80 Å². The van der Waals surface area contributed by atoms with E-state index in [9.17, 15) is 33.6 Å². The molecular formula is C51H90BN7O13. The lowest BCUT2D eigenvalue weighted by atomic mass is 9.43. The van der Waals surface area contributed by atoms with Crippen LogP contribution in [0.3, 0.4) is 0 Å². The Morgan fingerprint density at radius 2 is 1.19 bits per heavy atom. The highest BCUT2D eigenvalue weighted by atomic mass is 16.7.